The topological polar surface area (TPSA) is 55.1 Å². The lowest BCUT2D eigenvalue weighted by atomic mass is 10.1. The lowest BCUT2D eigenvalue weighted by molar-refractivity contribution is -0.121. The van der Waals surface area contributed by atoms with Gasteiger partial charge in [-0.3, -0.25) is 4.79 Å². The Morgan fingerprint density at radius 3 is 2.50 bits per heavy atom. The minimum atomic E-state index is 0.0561. The molecule has 94 valence electrons. The Morgan fingerprint density at radius 2 is 1.94 bits per heavy atom. The molecule has 16 heavy (non-hydrogen) atoms. The largest absolute Gasteiger partial charge is 0.393 e. The van der Waals surface area contributed by atoms with Gasteiger partial charge >= 0.3 is 0 Å². The van der Waals surface area contributed by atoms with Crippen LogP contribution in [-0.2, 0) is 4.79 Å². The molecule has 0 heterocycles. The number of rotatable bonds is 9. The number of nitrogens with two attached hydrogens (primary N) is 1. The normalized spacial score (nSPS) is 12.1. The maximum Gasteiger partial charge on any atom is 0.220 e. The van der Waals surface area contributed by atoms with Gasteiger partial charge in [0, 0.05) is 18.9 Å². The fourth-order valence-corrected chi connectivity index (χ4v) is 1.84. The summed E-state index contributed by atoms with van der Waals surface area (Å²) in [7, 11) is 0. The minimum absolute atomic E-state index is 0.0561. The molecule has 0 spiro atoms. The summed E-state index contributed by atoms with van der Waals surface area (Å²) >= 11 is 4.79. The molecule has 0 bridgehead atoms. The van der Waals surface area contributed by atoms with E-state index < -0.39 is 0 Å². The van der Waals surface area contributed by atoms with E-state index in [0.717, 1.165) is 12.8 Å². The van der Waals surface area contributed by atoms with E-state index in [4.69, 9.17) is 18.0 Å². The average Bonchev–Trinajstić information content (AvgIpc) is 2.15. The van der Waals surface area contributed by atoms with Crippen molar-refractivity contribution in [3.63, 3.8) is 0 Å². The molecule has 0 aliphatic carbocycles. The molecule has 3 N–H and O–H groups in total. The van der Waals surface area contributed by atoms with Crippen molar-refractivity contribution in [1.29, 1.82) is 0 Å². The first-order valence-corrected chi connectivity index (χ1v) is 6.54. The van der Waals surface area contributed by atoms with Crippen LogP contribution in [0.15, 0.2) is 0 Å². The highest BCUT2D eigenvalue weighted by Gasteiger charge is 2.07. The first kappa shape index (κ1) is 15.4. The molecule has 0 saturated heterocycles. The molecule has 0 aromatic heterocycles. The van der Waals surface area contributed by atoms with Crippen molar-refractivity contribution >= 4 is 23.1 Å². The molecule has 4 heteroatoms. The number of hydrogen-bond donors (Lipinski definition) is 2. The van der Waals surface area contributed by atoms with Crippen LogP contribution in [0.2, 0.25) is 0 Å². The monoisotopic (exact) mass is 244 g/mol. The second kappa shape index (κ2) is 9.58. The van der Waals surface area contributed by atoms with Crippen molar-refractivity contribution in [2.24, 2.45) is 5.73 Å². The third kappa shape index (κ3) is 9.90. The van der Waals surface area contributed by atoms with Gasteiger partial charge in [0.2, 0.25) is 5.91 Å². The van der Waals surface area contributed by atoms with Crippen LogP contribution in [0.5, 0.6) is 0 Å². The van der Waals surface area contributed by atoms with E-state index in [2.05, 4.69) is 12.2 Å². The molecule has 1 atom stereocenters. The molecule has 3 nitrogen and oxygen atoms in total. The van der Waals surface area contributed by atoms with Crippen LogP contribution in [-0.4, -0.2) is 16.9 Å². The van der Waals surface area contributed by atoms with Gasteiger partial charge in [-0.2, -0.15) is 0 Å². The van der Waals surface area contributed by atoms with Crippen molar-refractivity contribution in [3.05, 3.63) is 0 Å². The first-order chi connectivity index (χ1) is 7.56. The zero-order chi connectivity index (χ0) is 12.4. The smallest absolute Gasteiger partial charge is 0.220 e. The van der Waals surface area contributed by atoms with Gasteiger partial charge in [0.1, 0.15) is 0 Å². The van der Waals surface area contributed by atoms with Gasteiger partial charge in [0.25, 0.3) is 0 Å². The number of carbonyl (C=O) groups is 1. The average molecular weight is 244 g/mol. The first-order valence-electron chi connectivity index (χ1n) is 6.14. The molecule has 0 saturated carbocycles. The molecule has 0 aliphatic rings. The van der Waals surface area contributed by atoms with E-state index in [0.29, 0.717) is 17.8 Å². The van der Waals surface area contributed by atoms with Gasteiger partial charge in [0.05, 0.1) is 4.99 Å². The van der Waals surface area contributed by atoms with Gasteiger partial charge in [-0.15, -0.1) is 0 Å². The third-order valence-electron chi connectivity index (χ3n) is 2.42. The number of carbonyl (C=O) groups excluding carboxylic acids is 1. The standard InChI is InChI=1S/C12H24N2OS/c1-3-4-5-6-7-8-12(15)14-10(2)9-11(13)16/h10H,3-9H2,1-2H3,(H2,13,16)(H,14,15). The summed E-state index contributed by atoms with van der Waals surface area (Å²) < 4.78 is 0. The van der Waals surface area contributed by atoms with E-state index in [-0.39, 0.29) is 11.9 Å². The van der Waals surface area contributed by atoms with Gasteiger partial charge in [-0.1, -0.05) is 44.8 Å². The highest BCUT2D eigenvalue weighted by molar-refractivity contribution is 7.80. The van der Waals surface area contributed by atoms with Crippen LogP contribution < -0.4 is 11.1 Å². The number of hydrogen-bond acceptors (Lipinski definition) is 2. The van der Waals surface area contributed by atoms with Crippen LogP contribution in [0.25, 0.3) is 0 Å². The van der Waals surface area contributed by atoms with Crippen LogP contribution in [0.4, 0.5) is 0 Å². The maximum atomic E-state index is 11.5. The molecule has 0 rings (SSSR count). The zero-order valence-electron chi connectivity index (χ0n) is 10.4. The SMILES string of the molecule is CCCCCCCC(=O)NC(C)CC(N)=S. The molecule has 0 radical (unpaired) electrons. The van der Waals surface area contributed by atoms with E-state index in [1.165, 1.54) is 19.3 Å². The number of nitrogens with one attached hydrogen (secondary N) is 1. The summed E-state index contributed by atoms with van der Waals surface area (Å²) in [6.07, 6.45) is 7.04. The lowest BCUT2D eigenvalue weighted by Gasteiger charge is -2.12. The van der Waals surface area contributed by atoms with Crippen LogP contribution >= 0.6 is 12.2 Å². The Hall–Kier alpha value is -0.640. The molecule has 0 aromatic rings. The summed E-state index contributed by atoms with van der Waals surface area (Å²) in [6, 6.07) is 0.0561. The summed E-state index contributed by atoms with van der Waals surface area (Å²) in [5.41, 5.74) is 5.40. The molecule has 1 unspecified atom stereocenters. The van der Waals surface area contributed by atoms with Crippen molar-refractivity contribution in [1.82, 2.24) is 5.32 Å². The summed E-state index contributed by atoms with van der Waals surface area (Å²) in [6.45, 7) is 4.11. The number of amides is 1. The Balaban J connectivity index is 3.47. The summed E-state index contributed by atoms with van der Waals surface area (Å²) in [4.78, 5) is 11.9. The quantitative estimate of drug-likeness (QED) is 0.484. The van der Waals surface area contributed by atoms with Crippen LogP contribution in [0.3, 0.4) is 0 Å². The maximum absolute atomic E-state index is 11.5. The van der Waals surface area contributed by atoms with Gasteiger partial charge < -0.3 is 11.1 Å². The molecular weight excluding hydrogens is 220 g/mol. The predicted octanol–water partition coefficient (Wildman–Crippen LogP) is 2.53. The lowest BCUT2D eigenvalue weighted by Crippen LogP contribution is -2.35. The Kier molecular flexibility index (Phi) is 9.19. The van der Waals surface area contributed by atoms with Crippen molar-refractivity contribution < 1.29 is 4.79 Å². The number of thiocarbonyl (C=S) groups is 1. The predicted molar refractivity (Wildman–Crippen MR) is 72.4 cm³/mol. The Morgan fingerprint density at radius 1 is 1.31 bits per heavy atom. The van der Waals surface area contributed by atoms with E-state index in [1.54, 1.807) is 0 Å². The molecule has 0 fully saturated rings. The van der Waals surface area contributed by atoms with Crippen molar-refractivity contribution in [2.45, 2.75) is 64.8 Å². The van der Waals surface area contributed by atoms with Crippen LogP contribution in [0, 0.1) is 0 Å². The van der Waals surface area contributed by atoms with Gasteiger partial charge in [0.15, 0.2) is 0 Å². The molecule has 1 amide bonds. The summed E-state index contributed by atoms with van der Waals surface area (Å²) in [5, 5.41) is 2.90. The number of unbranched alkanes of at least 4 members (excludes halogenated alkanes) is 4. The van der Waals surface area contributed by atoms with E-state index in [9.17, 15) is 4.79 Å². The molecule has 0 aliphatic heterocycles. The molecule has 0 aromatic carbocycles. The second-order valence-electron chi connectivity index (χ2n) is 4.30. The third-order valence-corrected chi connectivity index (χ3v) is 2.59. The fraction of sp³-hybridized carbons (Fsp3) is 0.833. The molecular formula is C12H24N2OS. The Labute approximate surface area is 104 Å². The van der Waals surface area contributed by atoms with E-state index in [1.807, 2.05) is 6.92 Å². The summed E-state index contributed by atoms with van der Waals surface area (Å²) in [5.74, 6) is 0.111. The Bertz CT molecular complexity index is 219. The van der Waals surface area contributed by atoms with Gasteiger partial charge in [-0.05, 0) is 13.3 Å². The van der Waals surface area contributed by atoms with E-state index >= 15 is 0 Å². The van der Waals surface area contributed by atoms with Gasteiger partial charge in [-0.25, -0.2) is 0 Å². The highest BCUT2D eigenvalue weighted by atomic mass is 32.1. The van der Waals surface area contributed by atoms with Crippen molar-refractivity contribution in [2.75, 3.05) is 0 Å². The minimum Gasteiger partial charge on any atom is -0.393 e. The fourth-order valence-electron chi connectivity index (χ4n) is 1.59. The second-order valence-corrected chi connectivity index (χ2v) is 4.83. The highest BCUT2D eigenvalue weighted by Crippen LogP contribution is 2.05. The van der Waals surface area contributed by atoms with Crippen LogP contribution in [0.1, 0.15) is 58.8 Å². The van der Waals surface area contributed by atoms with Crippen molar-refractivity contribution in [3.8, 4) is 0 Å². The zero-order valence-corrected chi connectivity index (χ0v) is 11.2.